The predicted molar refractivity (Wildman–Crippen MR) is 115 cm³/mol. The molecule has 1 saturated carbocycles. The third-order valence-corrected chi connectivity index (χ3v) is 7.14. The molecule has 2 heterocycles. The molecule has 7 nitrogen and oxygen atoms in total. The van der Waals surface area contributed by atoms with Gasteiger partial charge in [-0.1, -0.05) is 37.5 Å². The first-order valence-electron chi connectivity index (χ1n) is 11.2. The van der Waals surface area contributed by atoms with Crippen molar-refractivity contribution in [3.8, 4) is 5.75 Å². The SMILES string of the molecule is COc1ccc(C)cc1CN1CCN(CN2C(=O)N[C@@]3(CCCC[C@@H]3C)C2=O)CC1. The third-order valence-electron chi connectivity index (χ3n) is 7.14. The van der Waals surface area contributed by atoms with Gasteiger partial charge in [0.2, 0.25) is 0 Å². The summed E-state index contributed by atoms with van der Waals surface area (Å²) in [6.07, 6.45) is 3.91. The summed E-state index contributed by atoms with van der Waals surface area (Å²) in [6.45, 7) is 8.92. The number of urea groups is 1. The summed E-state index contributed by atoms with van der Waals surface area (Å²) in [4.78, 5) is 31.9. The summed E-state index contributed by atoms with van der Waals surface area (Å²) in [6, 6.07) is 6.06. The first-order valence-corrected chi connectivity index (χ1v) is 11.2. The highest BCUT2D eigenvalue weighted by molar-refractivity contribution is 6.07. The standard InChI is InChI=1S/C23H34N4O3/c1-17-7-8-20(30-3)19(14-17)15-25-10-12-26(13-11-25)16-27-21(28)23(24-22(27)29)9-5-4-6-18(23)2/h7-8,14,18H,4-6,9-13,15-16H2,1-3H3,(H,24,29)/t18-,23+/m0/s1. The van der Waals surface area contributed by atoms with Gasteiger partial charge in [-0.3, -0.25) is 14.6 Å². The molecule has 0 aromatic heterocycles. The molecule has 4 rings (SSSR count). The van der Waals surface area contributed by atoms with Crippen LogP contribution in [0.15, 0.2) is 18.2 Å². The molecule has 1 aliphatic carbocycles. The number of carbonyl (C=O) groups excluding carboxylic acids is 2. The van der Waals surface area contributed by atoms with E-state index in [9.17, 15) is 9.59 Å². The summed E-state index contributed by atoms with van der Waals surface area (Å²) in [5.41, 5.74) is 1.76. The van der Waals surface area contributed by atoms with E-state index in [0.717, 1.165) is 64.2 Å². The zero-order valence-corrected chi connectivity index (χ0v) is 18.4. The second-order valence-electron chi connectivity index (χ2n) is 9.13. The van der Waals surface area contributed by atoms with Gasteiger partial charge in [-0.25, -0.2) is 9.69 Å². The Morgan fingerprint density at radius 2 is 1.87 bits per heavy atom. The van der Waals surface area contributed by atoms with E-state index in [1.807, 2.05) is 6.07 Å². The van der Waals surface area contributed by atoms with Gasteiger partial charge in [-0.05, 0) is 31.7 Å². The molecule has 3 aliphatic rings. The van der Waals surface area contributed by atoms with Gasteiger partial charge in [0.25, 0.3) is 5.91 Å². The van der Waals surface area contributed by atoms with Crippen LogP contribution in [-0.4, -0.2) is 72.1 Å². The van der Waals surface area contributed by atoms with Gasteiger partial charge in [0.05, 0.1) is 13.8 Å². The van der Waals surface area contributed by atoms with Crippen LogP contribution in [0.5, 0.6) is 5.75 Å². The second-order valence-corrected chi connectivity index (χ2v) is 9.13. The molecule has 1 aromatic rings. The molecular weight excluding hydrogens is 380 g/mol. The van der Waals surface area contributed by atoms with Gasteiger partial charge in [0.1, 0.15) is 11.3 Å². The van der Waals surface area contributed by atoms with E-state index >= 15 is 0 Å². The van der Waals surface area contributed by atoms with Crippen LogP contribution in [0.2, 0.25) is 0 Å². The number of ether oxygens (including phenoxy) is 1. The number of nitrogens with zero attached hydrogens (tertiary/aromatic N) is 3. The van der Waals surface area contributed by atoms with Gasteiger partial charge in [0, 0.05) is 38.3 Å². The van der Waals surface area contributed by atoms with Crippen molar-refractivity contribution in [3.05, 3.63) is 29.3 Å². The smallest absolute Gasteiger partial charge is 0.326 e. The van der Waals surface area contributed by atoms with Crippen molar-refractivity contribution in [2.75, 3.05) is 40.0 Å². The lowest BCUT2D eigenvalue weighted by Crippen LogP contribution is -2.55. The number of piperazine rings is 1. The number of imide groups is 1. The summed E-state index contributed by atoms with van der Waals surface area (Å²) in [7, 11) is 1.71. The Morgan fingerprint density at radius 3 is 2.57 bits per heavy atom. The predicted octanol–water partition coefficient (Wildman–Crippen LogP) is 2.58. The Morgan fingerprint density at radius 1 is 1.13 bits per heavy atom. The van der Waals surface area contributed by atoms with E-state index in [0.29, 0.717) is 6.67 Å². The van der Waals surface area contributed by atoms with Crippen LogP contribution in [0.3, 0.4) is 0 Å². The lowest BCUT2D eigenvalue weighted by Gasteiger charge is -2.38. The van der Waals surface area contributed by atoms with Crippen molar-refractivity contribution in [2.24, 2.45) is 5.92 Å². The molecule has 3 fully saturated rings. The minimum atomic E-state index is -0.668. The van der Waals surface area contributed by atoms with Crippen molar-refractivity contribution in [2.45, 2.75) is 51.6 Å². The number of methoxy groups -OCH3 is 1. The molecule has 164 valence electrons. The molecule has 30 heavy (non-hydrogen) atoms. The molecule has 2 aliphatic heterocycles. The average Bonchev–Trinajstić information content (AvgIpc) is 2.97. The number of aryl methyl sites for hydroxylation is 1. The maximum absolute atomic E-state index is 13.2. The fraction of sp³-hybridized carbons (Fsp3) is 0.652. The van der Waals surface area contributed by atoms with Gasteiger partial charge in [0.15, 0.2) is 0 Å². The van der Waals surface area contributed by atoms with Gasteiger partial charge < -0.3 is 10.1 Å². The van der Waals surface area contributed by atoms with Crippen molar-refractivity contribution in [3.63, 3.8) is 0 Å². The van der Waals surface area contributed by atoms with Crippen LogP contribution in [0, 0.1) is 12.8 Å². The van der Waals surface area contributed by atoms with Gasteiger partial charge >= 0.3 is 6.03 Å². The Kier molecular flexibility index (Phi) is 6.02. The molecule has 1 aromatic carbocycles. The van der Waals surface area contributed by atoms with E-state index < -0.39 is 5.54 Å². The highest BCUT2D eigenvalue weighted by Crippen LogP contribution is 2.38. The van der Waals surface area contributed by atoms with Crippen molar-refractivity contribution < 1.29 is 14.3 Å². The average molecular weight is 415 g/mol. The molecule has 1 spiro atoms. The fourth-order valence-electron chi connectivity index (χ4n) is 5.18. The molecule has 0 unspecified atom stereocenters. The maximum atomic E-state index is 13.2. The molecule has 0 radical (unpaired) electrons. The van der Waals surface area contributed by atoms with E-state index in [1.165, 1.54) is 16.0 Å². The molecule has 1 N–H and O–H groups in total. The molecule has 2 atom stereocenters. The highest BCUT2D eigenvalue weighted by atomic mass is 16.5. The first kappa shape index (κ1) is 21.1. The second kappa shape index (κ2) is 8.55. The number of rotatable bonds is 5. The molecular formula is C23H34N4O3. The van der Waals surface area contributed by atoms with E-state index in [4.69, 9.17) is 4.74 Å². The number of amides is 3. The summed E-state index contributed by atoms with van der Waals surface area (Å²) in [5.74, 6) is 1.11. The van der Waals surface area contributed by atoms with Crippen LogP contribution >= 0.6 is 0 Å². The molecule has 2 saturated heterocycles. The van der Waals surface area contributed by atoms with E-state index in [-0.39, 0.29) is 17.9 Å². The first-order chi connectivity index (χ1) is 14.4. The molecule has 0 bridgehead atoms. The number of carbonyl (C=O) groups is 2. The summed E-state index contributed by atoms with van der Waals surface area (Å²) >= 11 is 0. The minimum Gasteiger partial charge on any atom is -0.496 e. The van der Waals surface area contributed by atoms with E-state index in [2.05, 4.69) is 41.1 Å². The van der Waals surface area contributed by atoms with Crippen LogP contribution < -0.4 is 10.1 Å². The van der Waals surface area contributed by atoms with Crippen molar-refractivity contribution in [1.29, 1.82) is 0 Å². The number of hydrogen-bond acceptors (Lipinski definition) is 5. The number of nitrogens with one attached hydrogen (secondary N) is 1. The quantitative estimate of drug-likeness (QED) is 0.751. The largest absolute Gasteiger partial charge is 0.496 e. The van der Waals surface area contributed by atoms with Crippen LogP contribution in [-0.2, 0) is 11.3 Å². The Balaban J connectivity index is 1.33. The lowest BCUT2D eigenvalue weighted by atomic mass is 9.73. The lowest BCUT2D eigenvalue weighted by molar-refractivity contribution is -0.136. The Hall–Kier alpha value is -2.12. The van der Waals surface area contributed by atoms with Crippen LogP contribution in [0.4, 0.5) is 4.79 Å². The zero-order chi connectivity index (χ0) is 21.3. The molecule has 7 heteroatoms. The van der Waals surface area contributed by atoms with Crippen LogP contribution in [0.25, 0.3) is 0 Å². The van der Waals surface area contributed by atoms with E-state index in [1.54, 1.807) is 7.11 Å². The monoisotopic (exact) mass is 414 g/mol. The maximum Gasteiger partial charge on any atom is 0.326 e. The summed E-state index contributed by atoms with van der Waals surface area (Å²) < 4.78 is 5.51. The Bertz CT molecular complexity index is 806. The van der Waals surface area contributed by atoms with Crippen molar-refractivity contribution >= 4 is 11.9 Å². The van der Waals surface area contributed by atoms with Gasteiger partial charge in [-0.2, -0.15) is 0 Å². The molecule has 3 amide bonds. The topological polar surface area (TPSA) is 65.1 Å². The minimum absolute atomic E-state index is 0.0216. The highest BCUT2D eigenvalue weighted by Gasteiger charge is 2.55. The summed E-state index contributed by atoms with van der Waals surface area (Å²) in [5, 5.41) is 3.05. The van der Waals surface area contributed by atoms with Gasteiger partial charge in [-0.15, -0.1) is 0 Å². The number of benzene rings is 1. The Labute approximate surface area is 179 Å². The number of hydrogen-bond donors (Lipinski definition) is 1. The third kappa shape index (κ3) is 3.93. The zero-order valence-electron chi connectivity index (χ0n) is 18.4. The van der Waals surface area contributed by atoms with Crippen molar-refractivity contribution in [1.82, 2.24) is 20.0 Å². The fourth-order valence-corrected chi connectivity index (χ4v) is 5.18. The normalized spacial score (nSPS) is 28.2. The van der Waals surface area contributed by atoms with Crippen LogP contribution in [0.1, 0.15) is 43.7 Å².